The van der Waals surface area contributed by atoms with Gasteiger partial charge in [0.2, 0.25) is 5.91 Å². The van der Waals surface area contributed by atoms with Crippen molar-refractivity contribution in [1.29, 1.82) is 0 Å². The van der Waals surface area contributed by atoms with Gasteiger partial charge in [0.1, 0.15) is 10.8 Å². The van der Waals surface area contributed by atoms with Crippen molar-refractivity contribution in [2.24, 2.45) is 0 Å². The first kappa shape index (κ1) is 15.2. The van der Waals surface area contributed by atoms with Crippen LogP contribution in [0, 0.1) is 12.7 Å². The summed E-state index contributed by atoms with van der Waals surface area (Å²) in [5, 5.41) is 11.1. The topological polar surface area (TPSA) is 54.9 Å². The van der Waals surface area contributed by atoms with Crippen LogP contribution in [-0.2, 0) is 4.79 Å². The monoisotopic (exact) mass is 331 g/mol. The standard InChI is InChI=1S/C12H11ClFN3OS2/c1-6(19-12-17-16-7(2)20-12)11(18)15-10-4-3-8(13)5-9(10)14/h3-6H,1-2H3,(H,15,18). The maximum absolute atomic E-state index is 13.6. The third-order valence-electron chi connectivity index (χ3n) is 2.34. The number of aryl methyl sites for hydroxylation is 1. The van der Waals surface area contributed by atoms with E-state index in [1.165, 1.54) is 35.2 Å². The molecule has 0 radical (unpaired) electrons. The molecule has 1 heterocycles. The van der Waals surface area contributed by atoms with E-state index < -0.39 is 11.1 Å². The molecule has 1 aromatic carbocycles. The van der Waals surface area contributed by atoms with Gasteiger partial charge in [0.25, 0.3) is 0 Å². The molecule has 2 rings (SSSR count). The van der Waals surface area contributed by atoms with Gasteiger partial charge in [0.05, 0.1) is 10.9 Å². The molecule has 1 N–H and O–H groups in total. The number of nitrogens with one attached hydrogen (secondary N) is 1. The van der Waals surface area contributed by atoms with Crippen LogP contribution in [0.15, 0.2) is 22.5 Å². The van der Waals surface area contributed by atoms with Crippen molar-refractivity contribution < 1.29 is 9.18 Å². The molecule has 2 aromatic rings. The van der Waals surface area contributed by atoms with Crippen LogP contribution in [0.4, 0.5) is 10.1 Å². The van der Waals surface area contributed by atoms with Crippen molar-refractivity contribution in [2.75, 3.05) is 5.32 Å². The molecule has 1 unspecified atom stereocenters. The summed E-state index contributed by atoms with van der Waals surface area (Å²) in [6, 6.07) is 4.11. The minimum absolute atomic E-state index is 0.111. The highest BCUT2D eigenvalue weighted by atomic mass is 35.5. The second-order valence-corrected chi connectivity index (χ2v) is 7.17. The Hall–Kier alpha value is -1.18. The highest BCUT2D eigenvalue weighted by Crippen LogP contribution is 2.27. The summed E-state index contributed by atoms with van der Waals surface area (Å²) in [6.45, 7) is 3.57. The number of anilines is 1. The highest BCUT2D eigenvalue weighted by molar-refractivity contribution is 8.02. The Balaban J connectivity index is 2.00. The van der Waals surface area contributed by atoms with Crippen molar-refractivity contribution in [3.8, 4) is 0 Å². The van der Waals surface area contributed by atoms with E-state index in [4.69, 9.17) is 11.6 Å². The lowest BCUT2D eigenvalue weighted by atomic mass is 10.3. The van der Waals surface area contributed by atoms with Crippen molar-refractivity contribution in [3.05, 3.63) is 34.0 Å². The van der Waals surface area contributed by atoms with Gasteiger partial charge in [-0.2, -0.15) is 0 Å². The van der Waals surface area contributed by atoms with E-state index in [1.54, 1.807) is 6.92 Å². The SMILES string of the molecule is Cc1nnc(SC(C)C(=O)Nc2ccc(Cl)cc2F)s1. The fourth-order valence-electron chi connectivity index (χ4n) is 1.36. The lowest BCUT2D eigenvalue weighted by Crippen LogP contribution is -2.22. The van der Waals surface area contributed by atoms with Gasteiger partial charge < -0.3 is 5.32 Å². The van der Waals surface area contributed by atoms with Gasteiger partial charge in [-0.25, -0.2) is 4.39 Å². The quantitative estimate of drug-likeness (QED) is 0.867. The largest absolute Gasteiger partial charge is 0.323 e. The Kier molecular flexibility index (Phi) is 4.95. The van der Waals surface area contributed by atoms with Crippen LogP contribution in [0.3, 0.4) is 0 Å². The van der Waals surface area contributed by atoms with Gasteiger partial charge in [-0.3, -0.25) is 4.79 Å². The van der Waals surface area contributed by atoms with E-state index in [0.717, 1.165) is 11.1 Å². The van der Waals surface area contributed by atoms with Gasteiger partial charge in [-0.1, -0.05) is 34.7 Å². The maximum atomic E-state index is 13.6. The predicted octanol–water partition coefficient (Wildman–Crippen LogP) is 3.76. The number of thioether (sulfide) groups is 1. The molecular weight excluding hydrogens is 321 g/mol. The summed E-state index contributed by atoms with van der Waals surface area (Å²) < 4.78 is 14.3. The molecule has 0 aliphatic rings. The number of amides is 1. The second kappa shape index (κ2) is 6.51. The molecule has 1 atom stereocenters. The molecule has 0 bridgehead atoms. The summed E-state index contributed by atoms with van der Waals surface area (Å²) in [5.41, 5.74) is 0.111. The molecule has 1 aromatic heterocycles. The lowest BCUT2D eigenvalue weighted by molar-refractivity contribution is -0.115. The van der Waals surface area contributed by atoms with Crippen LogP contribution in [0.25, 0.3) is 0 Å². The predicted molar refractivity (Wildman–Crippen MR) is 80.0 cm³/mol. The molecule has 0 spiro atoms. The van der Waals surface area contributed by atoms with Gasteiger partial charge in [0, 0.05) is 5.02 Å². The minimum Gasteiger partial charge on any atom is -0.323 e. The lowest BCUT2D eigenvalue weighted by Gasteiger charge is -2.11. The Labute approximate surface area is 128 Å². The summed E-state index contributed by atoms with van der Waals surface area (Å²) in [7, 11) is 0. The average molecular weight is 332 g/mol. The normalized spacial score (nSPS) is 12.2. The smallest absolute Gasteiger partial charge is 0.237 e. The van der Waals surface area contributed by atoms with Crippen LogP contribution in [0.2, 0.25) is 5.02 Å². The zero-order chi connectivity index (χ0) is 14.7. The number of benzene rings is 1. The van der Waals surface area contributed by atoms with Crippen LogP contribution < -0.4 is 5.32 Å². The summed E-state index contributed by atoms with van der Waals surface area (Å²) in [4.78, 5) is 12.0. The van der Waals surface area contributed by atoms with Crippen LogP contribution in [-0.4, -0.2) is 21.4 Å². The molecule has 8 heteroatoms. The Morgan fingerprint density at radius 2 is 2.25 bits per heavy atom. The number of hydrogen-bond donors (Lipinski definition) is 1. The molecule has 0 saturated carbocycles. The first-order chi connectivity index (χ1) is 9.45. The number of aromatic nitrogens is 2. The number of carbonyl (C=O) groups excluding carboxylic acids is 1. The summed E-state index contributed by atoms with van der Waals surface area (Å²) in [5.74, 6) is -0.862. The molecule has 1 amide bonds. The number of carbonyl (C=O) groups is 1. The van der Waals surface area contributed by atoms with Crippen molar-refractivity contribution >= 4 is 46.3 Å². The number of hydrogen-bond acceptors (Lipinski definition) is 5. The third kappa shape index (κ3) is 3.91. The van der Waals surface area contributed by atoms with Gasteiger partial charge >= 0.3 is 0 Å². The van der Waals surface area contributed by atoms with Gasteiger partial charge in [-0.05, 0) is 32.0 Å². The highest BCUT2D eigenvalue weighted by Gasteiger charge is 2.18. The zero-order valence-corrected chi connectivity index (χ0v) is 13.1. The van der Waals surface area contributed by atoms with Crippen LogP contribution >= 0.6 is 34.7 Å². The maximum Gasteiger partial charge on any atom is 0.237 e. The third-order valence-corrected chi connectivity index (χ3v) is 4.60. The molecule has 106 valence electrons. The zero-order valence-electron chi connectivity index (χ0n) is 10.7. The van der Waals surface area contributed by atoms with Crippen LogP contribution in [0.5, 0.6) is 0 Å². The van der Waals surface area contributed by atoms with Crippen molar-refractivity contribution in [1.82, 2.24) is 10.2 Å². The molecule has 0 saturated heterocycles. The van der Waals surface area contributed by atoms with Gasteiger partial charge in [-0.15, -0.1) is 10.2 Å². The molecule has 0 aliphatic carbocycles. The molecule has 0 aliphatic heterocycles. The minimum atomic E-state index is -0.560. The first-order valence-corrected chi connectivity index (χ1v) is 7.76. The second-order valence-electron chi connectivity index (χ2n) is 3.96. The van der Waals surface area contributed by atoms with E-state index in [2.05, 4.69) is 15.5 Å². The Morgan fingerprint density at radius 3 is 2.85 bits per heavy atom. The van der Waals surface area contributed by atoms with Crippen molar-refractivity contribution in [3.63, 3.8) is 0 Å². The van der Waals surface area contributed by atoms with E-state index in [-0.39, 0.29) is 16.6 Å². The number of nitrogens with zero attached hydrogens (tertiary/aromatic N) is 2. The fourth-order valence-corrected chi connectivity index (χ4v) is 3.47. The number of rotatable bonds is 4. The molecule has 20 heavy (non-hydrogen) atoms. The van der Waals surface area contributed by atoms with Gasteiger partial charge in [0.15, 0.2) is 4.34 Å². The molecule has 4 nitrogen and oxygen atoms in total. The summed E-state index contributed by atoms with van der Waals surface area (Å²) >= 11 is 8.35. The fraction of sp³-hybridized carbons (Fsp3) is 0.250. The Bertz CT molecular complexity index is 635. The van der Waals surface area contributed by atoms with Crippen LogP contribution in [0.1, 0.15) is 11.9 Å². The van der Waals surface area contributed by atoms with E-state index in [0.29, 0.717) is 4.34 Å². The van der Waals surface area contributed by atoms with E-state index >= 15 is 0 Å². The van der Waals surface area contributed by atoms with Crippen molar-refractivity contribution in [2.45, 2.75) is 23.4 Å². The summed E-state index contributed by atoms with van der Waals surface area (Å²) in [6.07, 6.45) is 0. The molecule has 0 fully saturated rings. The van der Waals surface area contributed by atoms with E-state index in [1.807, 2.05) is 6.92 Å². The van der Waals surface area contributed by atoms with E-state index in [9.17, 15) is 9.18 Å². The molecular formula is C12H11ClFN3OS2. The first-order valence-electron chi connectivity index (χ1n) is 5.68. The Morgan fingerprint density at radius 1 is 1.50 bits per heavy atom. The number of halogens is 2. The average Bonchev–Trinajstić information content (AvgIpc) is 2.78.